The molecule has 9 heteroatoms. The Morgan fingerprint density at radius 3 is 2.58 bits per heavy atom. The summed E-state index contributed by atoms with van der Waals surface area (Å²) in [5.74, 6) is 0.483. The van der Waals surface area contributed by atoms with Crippen molar-refractivity contribution in [2.24, 2.45) is 0 Å². The highest BCUT2D eigenvalue weighted by Crippen LogP contribution is 2.42. The van der Waals surface area contributed by atoms with E-state index >= 15 is 0 Å². The molecule has 220 valence electrons. The van der Waals surface area contributed by atoms with Crippen LogP contribution in [0.25, 0.3) is 32.6 Å². The maximum atomic E-state index is 14.4. The molecule has 3 heterocycles. The van der Waals surface area contributed by atoms with Crippen LogP contribution in [0, 0.1) is 13.5 Å². The topological polar surface area (TPSA) is 72.0 Å². The van der Waals surface area contributed by atoms with Crippen molar-refractivity contribution in [2.75, 3.05) is 31.6 Å². The standard InChI is InChI=1S/C34H34ClN5O3/c1-8-31(41)38-13-14-39(22(5)19-38)33-25-16-27(35)24(26-18-37-30(43-7)15-21(26)4)17-29(25)40(34(42)32(33)36-6)28-12-10-9-11-23(28)20(2)3/h8-12,15-18,20,22H,1,13-14,19H2,2-5,7H3/t22-/m0/s1. The monoisotopic (exact) mass is 595 g/mol. The van der Waals surface area contributed by atoms with E-state index < -0.39 is 5.56 Å². The number of piperazine rings is 1. The molecule has 43 heavy (non-hydrogen) atoms. The molecule has 1 amide bonds. The molecule has 1 saturated heterocycles. The molecule has 1 aliphatic heterocycles. The second-order valence-electron chi connectivity index (χ2n) is 11.1. The number of ether oxygens (including phenoxy) is 1. The lowest BCUT2D eigenvalue weighted by Gasteiger charge is -2.42. The van der Waals surface area contributed by atoms with Gasteiger partial charge in [0.15, 0.2) is 0 Å². The van der Waals surface area contributed by atoms with Gasteiger partial charge in [0.05, 0.1) is 30.6 Å². The first-order valence-electron chi connectivity index (χ1n) is 14.2. The van der Waals surface area contributed by atoms with Gasteiger partial charge in [0.25, 0.3) is 11.2 Å². The third-order valence-corrected chi connectivity index (χ3v) is 8.42. The average Bonchev–Trinajstić information content (AvgIpc) is 3.00. The van der Waals surface area contributed by atoms with Gasteiger partial charge in [0.1, 0.15) is 0 Å². The van der Waals surface area contributed by atoms with E-state index in [4.69, 9.17) is 22.9 Å². The summed E-state index contributed by atoms with van der Waals surface area (Å²) in [7, 11) is 1.57. The number of halogens is 1. The molecule has 0 N–H and O–H groups in total. The summed E-state index contributed by atoms with van der Waals surface area (Å²) in [6.45, 7) is 21.2. The number of hydrogen-bond acceptors (Lipinski definition) is 5. The molecule has 8 nitrogen and oxygen atoms in total. The maximum Gasteiger partial charge on any atom is 0.274 e. The minimum Gasteiger partial charge on any atom is -0.481 e. The highest BCUT2D eigenvalue weighted by Gasteiger charge is 2.31. The van der Waals surface area contributed by atoms with Crippen molar-refractivity contribution in [3.8, 4) is 22.7 Å². The van der Waals surface area contributed by atoms with E-state index in [1.165, 1.54) is 6.08 Å². The van der Waals surface area contributed by atoms with Crippen LogP contribution in [-0.4, -0.2) is 53.1 Å². The second-order valence-corrected chi connectivity index (χ2v) is 11.5. The summed E-state index contributed by atoms with van der Waals surface area (Å²) in [5, 5.41) is 1.16. The Balaban J connectivity index is 1.86. The van der Waals surface area contributed by atoms with E-state index in [9.17, 15) is 9.59 Å². The van der Waals surface area contributed by atoms with Gasteiger partial charge in [-0.25, -0.2) is 9.83 Å². The fourth-order valence-electron chi connectivity index (χ4n) is 5.94. The highest BCUT2D eigenvalue weighted by atomic mass is 35.5. The Labute approximate surface area is 256 Å². The van der Waals surface area contributed by atoms with Gasteiger partial charge in [-0.2, -0.15) is 0 Å². The molecule has 1 aliphatic rings. The summed E-state index contributed by atoms with van der Waals surface area (Å²) in [5.41, 5.74) is 4.93. The lowest BCUT2D eigenvalue weighted by molar-refractivity contribution is -0.126. The second kappa shape index (κ2) is 11.9. The Morgan fingerprint density at radius 1 is 1.21 bits per heavy atom. The molecular weight excluding hydrogens is 562 g/mol. The normalized spacial score (nSPS) is 15.1. The van der Waals surface area contributed by atoms with Crippen molar-refractivity contribution in [2.45, 2.75) is 39.7 Å². The molecule has 4 aromatic rings. The molecule has 0 unspecified atom stereocenters. The molecule has 0 bridgehead atoms. The Kier molecular flexibility index (Phi) is 8.30. The van der Waals surface area contributed by atoms with Gasteiger partial charge in [0.2, 0.25) is 11.8 Å². The van der Waals surface area contributed by atoms with Crippen LogP contribution in [0.3, 0.4) is 0 Å². The number of anilines is 1. The molecule has 0 aliphatic carbocycles. The Bertz CT molecular complexity index is 1860. The quantitative estimate of drug-likeness (QED) is 0.179. The van der Waals surface area contributed by atoms with Crippen molar-refractivity contribution in [3.05, 3.63) is 99.2 Å². The van der Waals surface area contributed by atoms with Crippen LogP contribution in [-0.2, 0) is 4.79 Å². The van der Waals surface area contributed by atoms with Crippen LogP contribution >= 0.6 is 11.6 Å². The number of pyridine rings is 2. The van der Waals surface area contributed by atoms with Gasteiger partial charge >= 0.3 is 0 Å². The lowest BCUT2D eigenvalue weighted by atomic mass is 9.97. The summed E-state index contributed by atoms with van der Waals surface area (Å²) in [6, 6.07) is 13.2. The molecule has 2 aromatic carbocycles. The number of carbonyl (C=O) groups excluding carboxylic acids is 1. The van der Waals surface area contributed by atoms with Gasteiger partial charge in [-0.1, -0.05) is 50.2 Å². The van der Waals surface area contributed by atoms with Gasteiger partial charge in [-0.15, -0.1) is 0 Å². The predicted octanol–water partition coefficient (Wildman–Crippen LogP) is 6.92. The van der Waals surface area contributed by atoms with Gasteiger partial charge in [-0.05, 0) is 55.2 Å². The van der Waals surface area contributed by atoms with Crippen LogP contribution in [0.4, 0.5) is 11.4 Å². The van der Waals surface area contributed by atoms with E-state index in [0.29, 0.717) is 52.7 Å². The molecule has 0 radical (unpaired) electrons. The van der Waals surface area contributed by atoms with E-state index in [1.54, 1.807) is 22.8 Å². The lowest BCUT2D eigenvalue weighted by Crippen LogP contribution is -2.53. The number of amides is 1. The first-order valence-corrected chi connectivity index (χ1v) is 14.6. The zero-order valence-corrected chi connectivity index (χ0v) is 25.8. The summed E-state index contributed by atoms with van der Waals surface area (Å²) in [4.78, 5) is 38.8. The van der Waals surface area contributed by atoms with Crippen LogP contribution in [0.15, 0.2) is 66.1 Å². The third-order valence-electron chi connectivity index (χ3n) is 8.11. The first-order chi connectivity index (χ1) is 20.6. The van der Waals surface area contributed by atoms with Gasteiger partial charge in [-0.3, -0.25) is 14.2 Å². The van der Waals surface area contributed by atoms with Crippen LogP contribution in [0.1, 0.15) is 37.8 Å². The van der Waals surface area contributed by atoms with E-state index in [-0.39, 0.29) is 23.6 Å². The number of benzene rings is 2. The van der Waals surface area contributed by atoms with Crippen molar-refractivity contribution >= 4 is 39.8 Å². The Hall–Kier alpha value is -4.61. The number of fused-ring (bicyclic) bond motifs is 1. The van der Waals surface area contributed by atoms with E-state index in [2.05, 4.69) is 35.2 Å². The summed E-state index contributed by atoms with van der Waals surface area (Å²) < 4.78 is 6.96. The van der Waals surface area contributed by atoms with Crippen molar-refractivity contribution in [1.82, 2.24) is 14.5 Å². The minimum absolute atomic E-state index is 0.0208. The molecule has 5 rings (SSSR count). The van der Waals surface area contributed by atoms with Gasteiger partial charge < -0.3 is 14.5 Å². The molecule has 1 atom stereocenters. The van der Waals surface area contributed by atoms with Crippen LogP contribution < -0.4 is 15.2 Å². The number of rotatable bonds is 6. The average molecular weight is 596 g/mol. The molecule has 2 aromatic heterocycles. The van der Waals surface area contributed by atoms with Crippen LogP contribution in [0.5, 0.6) is 5.88 Å². The van der Waals surface area contributed by atoms with Crippen molar-refractivity contribution in [3.63, 3.8) is 0 Å². The minimum atomic E-state index is -0.403. The number of aryl methyl sites for hydroxylation is 1. The fraction of sp³-hybridized carbons (Fsp3) is 0.294. The zero-order valence-electron chi connectivity index (χ0n) is 25.0. The van der Waals surface area contributed by atoms with Crippen molar-refractivity contribution in [1.29, 1.82) is 0 Å². The SMILES string of the molecule is [C-]#[N+]c1c(N2CCN(C(=O)C=C)C[C@@H]2C)c2cc(Cl)c(-c3cnc(OC)cc3C)cc2n(-c2ccccc2C(C)C)c1=O. The maximum absolute atomic E-state index is 14.4. The number of nitrogens with zero attached hydrogens (tertiary/aromatic N) is 5. The number of methoxy groups -OCH3 is 1. The van der Waals surface area contributed by atoms with E-state index in [0.717, 1.165) is 22.4 Å². The molecular formula is C34H34ClN5O3. The first kappa shape index (κ1) is 29.9. The predicted molar refractivity (Wildman–Crippen MR) is 173 cm³/mol. The number of aromatic nitrogens is 2. The van der Waals surface area contributed by atoms with Crippen molar-refractivity contribution < 1.29 is 9.53 Å². The third kappa shape index (κ3) is 5.26. The molecule has 0 saturated carbocycles. The molecule has 1 fully saturated rings. The van der Waals surface area contributed by atoms with E-state index in [1.807, 2.05) is 56.3 Å². The zero-order chi connectivity index (χ0) is 31.0. The fourth-order valence-corrected chi connectivity index (χ4v) is 6.21. The summed E-state index contributed by atoms with van der Waals surface area (Å²) in [6.07, 6.45) is 3.03. The highest BCUT2D eigenvalue weighted by molar-refractivity contribution is 6.34. The largest absolute Gasteiger partial charge is 0.481 e. The number of hydrogen-bond donors (Lipinski definition) is 0. The smallest absolute Gasteiger partial charge is 0.274 e. The number of carbonyl (C=O) groups is 1. The van der Waals surface area contributed by atoms with Gasteiger partial charge in [0, 0.05) is 59.5 Å². The molecule has 0 spiro atoms. The number of para-hydroxylation sites is 1. The Morgan fingerprint density at radius 2 is 1.95 bits per heavy atom. The summed E-state index contributed by atoms with van der Waals surface area (Å²) >= 11 is 7.02. The van der Waals surface area contributed by atoms with Crippen LogP contribution in [0.2, 0.25) is 5.02 Å².